The van der Waals surface area contributed by atoms with Crippen LogP contribution in [0.1, 0.15) is 24.7 Å². The van der Waals surface area contributed by atoms with Crippen molar-refractivity contribution in [2.75, 3.05) is 7.11 Å². The van der Waals surface area contributed by atoms with Crippen molar-refractivity contribution >= 4 is 0 Å². The summed E-state index contributed by atoms with van der Waals surface area (Å²) < 4.78 is 7.17. The second-order valence-corrected chi connectivity index (χ2v) is 4.96. The molecule has 0 fully saturated rings. The van der Waals surface area contributed by atoms with E-state index in [1.54, 1.807) is 13.3 Å². The zero-order valence-electron chi connectivity index (χ0n) is 11.6. The van der Waals surface area contributed by atoms with Gasteiger partial charge in [-0.15, -0.1) is 0 Å². The van der Waals surface area contributed by atoms with E-state index in [0.717, 1.165) is 23.6 Å². The van der Waals surface area contributed by atoms with E-state index in [2.05, 4.69) is 4.98 Å². The van der Waals surface area contributed by atoms with Gasteiger partial charge in [-0.05, 0) is 31.0 Å². The molecule has 0 spiro atoms. The average Bonchev–Trinajstić information content (AvgIpc) is 2.82. The second kappa shape index (κ2) is 5.45. The van der Waals surface area contributed by atoms with Crippen molar-refractivity contribution in [1.82, 2.24) is 9.55 Å². The molecule has 2 aromatic rings. The maximum absolute atomic E-state index is 10.6. The molecule has 1 N–H and O–H groups in total. The first kappa shape index (κ1) is 13.6. The fraction of sp³-hybridized carbons (Fsp3) is 0.400. The number of aliphatic hydroxyl groups is 1. The van der Waals surface area contributed by atoms with Crippen LogP contribution < -0.4 is 4.74 Å². The monoisotopic (exact) mass is 260 g/mol. The first-order chi connectivity index (χ1) is 9.03. The zero-order chi connectivity index (χ0) is 13.9. The van der Waals surface area contributed by atoms with Crippen LogP contribution in [0.5, 0.6) is 5.75 Å². The van der Waals surface area contributed by atoms with E-state index in [1.165, 1.54) is 0 Å². The third-order valence-electron chi connectivity index (χ3n) is 3.45. The highest BCUT2D eigenvalue weighted by Gasteiger charge is 2.23. The van der Waals surface area contributed by atoms with Crippen molar-refractivity contribution < 1.29 is 9.84 Å². The molecule has 0 saturated carbocycles. The van der Waals surface area contributed by atoms with Crippen LogP contribution in [0.4, 0.5) is 0 Å². The minimum absolute atomic E-state index is 0.616. The van der Waals surface area contributed by atoms with E-state index in [4.69, 9.17) is 4.74 Å². The molecule has 1 unspecified atom stereocenters. The lowest BCUT2D eigenvalue weighted by atomic mass is 9.91. The largest absolute Gasteiger partial charge is 0.497 e. The number of benzene rings is 1. The number of ether oxygens (including phenoxy) is 1. The Balaban J connectivity index is 2.11. The van der Waals surface area contributed by atoms with Crippen LogP contribution in [0.2, 0.25) is 0 Å². The molecule has 0 amide bonds. The van der Waals surface area contributed by atoms with Gasteiger partial charge in [-0.25, -0.2) is 4.98 Å². The molecule has 1 aromatic heterocycles. The lowest BCUT2D eigenvalue weighted by Crippen LogP contribution is -2.22. The molecule has 1 atom stereocenters. The molecule has 4 heteroatoms. The predicted octanol–water partition coefficient (Wildman–Crippen LogP) is 2.27. The third-order valence-corrected chi connectivity index (χ3v) is 3.45. The first-order valence-corrected chi connectivity index (χ1v) is 6.36. The molecule has 4 nitrogen and oxygen atoms in total. The van der Waals surface area contributed by atoms with Gasteiger partial charge >= 0.3 is 0 Å². The van der Waals surface area contributed by atoms with E-state index < -0.39 is 5.60 Å². The van der Waals surface area contributed by atoms with E-state index in [9.17, 15) is 5.11 Å². The Morgan fingerprint density at radius 3 is 2.84 bits per heavy atom. The molecule has 2 rings (SSSR count). The van der Waals surface area contributed by atoms with Crippen LogP contribution in [0, 0.1) is 0 Å². The summed E-state index contributed by atoms with van der Waals surface area (Å²) in [7, 11) is 3.59. The number of aromatic nitrogens is 2. The van der Waals surface area contributed by atoms with Crippen LogP contribution >= 0.6 is 0 Å². The lowest BCUT2D eigenvalue weighted by molar-refractivity contribution is 0.0471. The van der Waals surface area contributed by atoms with Crippen LogP contribution in [-0.2, 0) is 19.1 Å². The van der Waals surface area contributed by atoms with Crippen molar-refractivity contribution in [2.24, 2.45) is 7.05 Å². The molecule has 0 aliphatic carbocycles. The standard InChI is InChI=1S/C15H20N2O2/c1-15(18,8-7-14-16-9-10-17(14)2)12-5-4-6-13(11-12)19-3/h4-6,9-11,18H,7-8H2,1-3H3. The Morgan fingerprint density at radius 2 is 2.21 bits per heavy atom. The normalized spacial score (nSPS) is 14.1. The maximum Gasteiger partial charge on any atom is 0.119 e. The van der Waals surface area contributed by atoms with Gasteiger partial charge in [0.25, 0.3) is 0 Å². The molecule has 1 heterocycles. The molecular formula is C15H20N2O2. The molecule has 0 bridgehead atoms. The molecule has 1 aromatic carbocycles. The molecular weight excluding hydrogens is 240 g/mol. The Bertz CT molecular complexity index is 547. The lowest BCUT2D eigenvalue weighted by Gasteiger charge is -2.24. The van der Waals surface area contributed by atoms with Crippen molar-refractivity contribution in [3.63, 3.8) is 0 Å². The van der Waals surface area contributed by atoms with Crippen LogP contribution in [0.15, 0.2) is 36.7 Å². The molecule has 0 aliphatic rings. The van der Waals surface area contributed by atoms with Gasteiger partial charge in [-0.2, -0.15) is 0 Å². The van der Waals surface area contributed by atoms with E-state index >= 15 is 0 Å². The topological polar surface area (TPSA) is 47.3 Å². The maximum atomic E-state index is 10.6. The Hall–Kier alpha value is -1.81. The summed E-state index contributed by atoms with van der Waals surface area (Å²) in [6.07, 6.45) is 5.03. The molecule has 0 radical (unpaired) electrons. The van der Waals surface area contributed by atoms with Crippen molar-refractivity contribution in [1.29, 1.82) is 0 Å². The minimum Gasteiger partial charge on any atom is -0.497 e. The zero-order valence-corrected chi connectivity index (χ0v) is 11.6. The summed E-state index contributed by atoms with van der Waals surface area (Å²) in [5.41, 5.74) is -0.0263. The molecule has 0 saturated heterocycles. The summed E-state index contributed by atoms with van der Waals surface area (Å²) in [4.78, 5) is 4.27. The molecule has 19 heavy (non-hydrogen) atoms. The van der Waals surface area contributed by atoms with Crippen molar-refractivity contribution in [2.45, 2.75) is 25.4 Å². The highest BCUT2D eigenvalue weighted by Crippen LogP contribution is 2.28. The van der Waals surface area contributed by atoms with E-state index in [0.29, 0.717) is 6.42 Å². The number of aryl methyl sites for hydroxylation is 2. The van der Waals surface area contributed by atoms with E-state index in [1.807, 2.05) is 49.0 Å². The van der Waals surface area contributed by atoms with Gasteiger partial charge in [0, 0.05) is 25.9 Å². The SMILES string of the molecule is COc1cccc(C(C)(O)CCc2nccn2C)c1. The van der Waals surface area contributed by atoms with Crippen LogP contribution in [-0.4, -0.2) is 21.8 Å². The number of methoxy groups -OCH3 is 1. The summed E-state index contributed by atoms with van der Waals surface area (Å²) in [5.74, 6) is 1.73. The number of imidazole rings is 1. The van der Waals surface area contributed by atoms with Gasteiger partial charge in [0.2, 0.25) is 0 Å². The second-order valence-electron chi connectivity index (χ2n) is 4.96. The summed E-state index contributed by atoms with van der Waals surface area (Å²) in [6, 6.07) is 7.56. The quantitative estimate of drug-likeness (QED) is 0.897. The summed E-state index contributed by atoms with van der Waals surface area (Å²) in [6.45, 7) is 1.82. The Morgan fingerprint density at radius 1 is 1.42 bits per heavy atom. The van der Waals surface area contributed by atoms with Gasteiger partial charge in [0.15, 0.2) is 0 Å². The van der Waals surface area contributed by atoms with Gasteiger partial charge in [0.05, 0.1) is 12.7 Å². The van der Waals surface area contributed by atoms with Gasteiger partial charge < -0.3 is 14.4 Å². The van der Waals surface area contributed by atoms with Crippen molar-refractivity contribution in [3.8, 4) is 5.75 Å². The highest BCUT2D eigenvalue weighted by atomic mass is 16.5. The molecule has 102 valence electrons. The van der Waals surface area contributed by atoms with Gasteiger partial charge in [-0.1, -0.05) is 12.1 Å². The van der Waals surface area contributed by atoms with Crippen molar-refractivity contribution in [3.05, 3.63) is 48.0 Å². The van der Waals surface area contributed by atoms with Gasteiger partial charge in [-0.3, -0.25) is 0 Å². The number of hydrogen-bond donors (Lipinski definition) is 1. The number of rotatable bonds is 5. The highest BCUT2D eigenvalue weighted by molar-refractivity contribution is 5.32. The van der Waals surface area contributed by atoms with E-state index in [-0.39, 0.29) is 0 Å². The number of hydrogen-bond acceptors (Lipinski definition) is 3. The fourth-order valence-electron chi connectivity index (χ4n) is 2.09. The predicted molar refractivity (Wildman–Crippen MR) is 74.1 cm³/mol. The Labute approximate surface area is 113 Å². The fourth-order valence-corrected chi connectivity index (χ4v) is 2.09. The van der Waals surface area contributed by atoms with Crippen LogP contribution in [0.3, 0.4) is 0 Å². The molecule has 0 aliphatic heterocycles. The van der Waals surface area contributed by atoms with Gasteiger partial charge in [0.1, 0.15) is 11.6 Å². The first-order valence-electron chi connectivity index (χ1n) is 6.36. The third kappa shape index (κ3) is 3.15. The minimum atomic E-state index is -0.888. The summed E-state index contributed by atoms with van der Waals surface area (Å²) >= 11 is 0. The summed E-state index contributed by atoms with van der Waals surface area (Å²) in [5, 5.41) is 10.6. The Kier molecular flexibility index (Phi) is 3.90. The number of nitrogens with zero attached hydrogens (tertiary/aromatic N) is 2. The van der Waals surface area contributed by atoms with Crippen LogP contribution in [0.25, 0.3) is 0 Å². The average molecular weight is 260 g/mol. The smallest absolute Gasteiger partial charge is 0.119 e.